The molecule has 0 saturated heterocycles. The summed E-state index contributed by atoms with van der Waals surface area (Å²) in [6.45, 7) is -2.28. The summed E-state index contributed by atoms with van der Waals surface area (Å²) in [5.74, 6) is 1.14. The molecule has 1 aromatic carbocycles. The summed E-state index contributed by atoms with van der Waals surface area (Å²) in [6.07, 6.45) is 2.91. The molecule has 0 radical (unpaired) electrons. The number of guanidine groups is 1. The highest BCUT2D eigenvalue weighted by Gasteiger charge is 2.45. The summed E-state index contributed by atoms with van der Waals surface area (Å²) in [5, 5.41) is 6.13. The summed E-state index contributed by atoms with van der Waals surface area (Å²) in [6, 6.07) is 4.56. The average molecular weight is 405 g/mol. The number of nitrogens with zero attached hydrogens (tertiary/aromatic N) is 1. The Morgan fingerprint density at radius 3 is 2.56 bits per heavy atom. The van der Waals surface area contributed by atoms with Crippen molar-refractivity contribution in [3.05, 3.63) is 23.8 Å². The SMILES string of the molecule is CN=C(NCc1cc(OC)ccc1OC(F)F)NCC1(CS(C)(=O)=O)CC1. The topological polar surface area (TPSA) is 89.0 Å². The fraction of sp³-hybridized carbons (Fsp3) is 0.588. The van der Waals surface area contributed by atoms with Gasteiger partial charge < -0.3 is 20.1 Å². The first kappa shape index (κ1) is 21.2. The number of aliphatic imine (C=N–C) groups is 1. The van der Waals surface area contributed by atoms with Crippen LogP contribution in [-0.4, -0.2) is 53.7 Å². The van der Waals surface area contributed by atoms with Gasteiger partial charge in [0.05, 0.1) is 12.9 Å². The van der Waals surface area contributed by atoms with Crippen LogP contribution >= 0.6 is 0 Å². The lowest BCUT2D eigenvalue weighted by molar-refractivity contribution is -0.0505. The summed E-state index contributed by atoms with van der Waals surface area (Å²) in [4.78, 5) is 4.09. The maximum absolute atomic E-state index is 12.6. The number of sulfone groups is 1. The fourth-order valence-corrected chi connectivity index (χ4v) is 4.31. The molecule has 152 valence electrons. The molecule has 1 aliphatic carbocycles. The minimum atomic E-state index is -3.06. The smallest absolute Gasteiger partial charge is 0.387 e. The lowest BCUT2D eigenvalue weighted by Crippen LogP contribution is -2.41. The van der Waals surface area contributed by atoms with E-state index in [0.29, 0.717) is 23.8 Å². The van der Waals surface area contributed by atoms with Gasteiger partial charge in [0.1, 0.15) is 21.3 Å². The Labute approximate surface area is 158 Å². The van der Waals surface area contributed by atoms with Crippen molar-refractivity contribution in [1.29, 1.82) is 0 Å². The lowest BCUT2D eigenvalue weighted by atomic mass is 10.1. The van der Waals surface area contributed by atoms with Gasteiger partial charge >= 0.3 is 6.61 Å². The van der Waals surface area contributed by atoms with Crippen LogP contribution in [0.5, 0.6) is 11.5 Å². The molecule has 0 amide bonds. The molecule has 0 unspecified atom stereocenters. The van der Waals surface area contributed by atoms with Gasteiger partial charge in [-0.15, -0.1) is 0 Å². The maximum atomic E-state index is 12.6. The Balaban J connectivity index is 1.97. The van der Waals surface area contributed by atoms with E-state index < -0.39 is 16.4 Å². The molecule has 0 spiro atoms. The second kappa shape index (κ2) is 8.73. The highest BCUT2D eigenvalue weighted by atomic mass is 32.2. The number of hydrogen-bond acceptors (Lipinski definition) is 5. The van der Waals surface area contributed by atoms with Crippen molar-refractivity contribution in [1.82, 2.24) is 10.6 Å². The van der Waals surface area contributed by atoms with E-state index in [0.717, 1.165) is 12.8 Å². The van der Waals surface area contributed by atoms with Crippen LogP contribution in [0.2, 0.25) is 0 Å². The van der Waals surface area contributed by atoms with Crippen LogP contribution < -0.4 is 20.1 Å². The molecule has 10 heteroatoms. The third-order valence-corrected chi connectivity index (χ3v) is 5.45. The Morgan fingerprint density at radius 1 is 1.33 bits per heavy atom. The van der Waals surface area contributed by atoms with Gasteiger partial charge in [0, 0.05) is 37.4 Å². The maximum Gasteiger partial charge on any atom is 0.387 e. The molecular weight excluding hydrogens is 380 g/mol. The van der Waals surface area contributed by atoms with E-state index in [9.17, 15) is 17.2 Å². The molecule has 0 aromatic heterocycles. The van der Waals surface area contributed by atoms with Crippen molar-refractivity contribution in [3.8, 4) is 11.5 Å². The number of hydrogen-bond donors (Lipinski definition) is 2. The first-order chi connectivity index (χ1) is 12.7. The molecule has 1 aliphatic rings. The Hall–Kier alpha value is -2.10. The highest BCUT2D eigenvalue weighted by Crippen LogP contribution is 2.46. The first-order valence-electron chi connectivity index (χ1n) is 8.40. The fourth-order valence-electron chi connectivity index (χ4n) is 2.81. The van der Waals surface area contributed by atoms with Crippen molar-refractivity contribution in [3.63, 3.8) is 0 Å². The average Bonchev–Trinajstić information content (AvgIpc) is 3.33. The van der Waals surface area contributed by atoms with Crippen LogP contribution in [0.15, 0.2) is 23.2 Å². The standard InChI is InChI=1S/C17H25F2N3O4S/c1-20-16(22-10-17(6-7-17)11-27(3,23)24)21-9-12-8-13(25-2)4-5-14(12)26-15(18)19/h4-5,8,15H,6-7,9-11H2,1-3H3,(H2,20,21,22). The molecular formula is C17H25F2N3O4S. The zero-order valence-corrected chi connectivity index (χ0v) is 16.4. The van der Waals surface area contributed by atoms with Crippen LogP contribution in [0.1, 0.15) is 18.4 Å². The zero-order chi connectivity index (χ0) is 20.1. The largest absolute Gasteiger partial charge is 0.497 e. The third-order valence-electron chi connectivity index (χ3n) is 4.31. The Bertz CT molecular complexity index is 780. The molecule has 2 N–H and O–H groups in total. The van der Waals surface area contributed by atoms with Crippen molar-refractivity contribution < 1.29 is 26.7 Å². The summed E-state index contributed by atoms with van der Waals surface area (Å²) in [5.41, 5.74) is 0.223. The van der Waals surface area contributed by atoms with Gasteiger partial charge in [-0.25, -0.2) is 8.42 Å². The van der Waals surface area contributed by atoms with Crippen LogP contribution in [0.4, 0.5) is 8.78 Å². The van der Waals surface area contributed by atoms with Crippen LogP contribution in [0.3, 0.4) is 0 Å². The van der Waals surface area contributed by atoms with E-state index in [1.165, 1.54) is 25.5 Å². The predicted octanol–water partition coefficient (Wildman–Crippen LogP) is 1.79. The van der Waals surface area contributed by atoms with Crippen LogP contribution in [0.25, 0.3) is 0 Å². The van der Waals surface area contributed by atoms with Crippen LogP contribution in [0, 0.1) is 5.41 Å². The molecule has 0 aliphatic heterocycles. The van der Waals surface area contributed by atoms with Gasteiger partial charge in [-0.1, -0.05) is 0 Å². The normalized spacial score (nSPS) is 16.1. The highest BCUT2D eigenvalue weighted by molar-refractivity contribution is 7.90. The minimum absolute atomic E-state index is 0.0458. The van der Waals surface area contributed by atoms with Crippen molar-refractivity contribution in [2.24, 2.45) is 10.4 Å². The van der Waals surface area contributed by atoms with E-state index in [2.05, 4.69) is 20.4 Å². The van der Waals surface area contributed by atoms with Gasteiger partial charge in [-0.2, -0.15) is 8.78 Å². The number of alkyl halides is 2. The van der Waals surface area contributed by atoms with Gasteiger partial charge in [-0.3, -0.25) is 4.99 Å². The van der Waals surface area contributed by atoms with Gasteiger partial charge in [0.25, 0.3) is 0 Å². The van der Waals surface area contributed by atoms with Gasteiger partial charge in [0.2, 0.25) is 0 Å². The number of ether oxygens (including phenoxy) is 2. The van der Waals surface area contributed by atoms with E-state index in [1.807, 2.05) is 0 Å². The molecule has 0 atom stereocenters. The summed E-state index contributed by atoms with van der Waals surface area (Å²) in [7, 11) is 0.00486. The van der Waals surface area contributed by atoms with Crippen molar-refractivity contribution in [2.75, 3.05) is 32.7 Å². The lowest BCUT2D eigenvalue weighted by Gasteiger charge is -2.18. The van der Waals surface area contributed by atoms with E-state index in [4.69, 9.17) is 4.74 Å². The number of halogens is 2. The Kier molecular flexibility index (Phi) is 6.85. The monoisotopic (exact) mass is 405 g/mol. The molecule has 1 fully saturated rings. The molecule has 27 heavy (non-hydrogen) atoms. The first-order valence-corrected chi connectivity index (χ1v) is 10.5. The van der Waals surface area contributed by atoms with E-state index in [1.54, 1.807) is 13.1 Å². The quantitative estimate of drug-likeness (QED) is 0.481. The van der Waals surface area contributed by atoms with Gasteiger partial charge in [-0.05, 0) is 31.0 Å². The predicted molar refractivity (Wildman–Crippen MR) is 99.2 cm³/mol. The number of nitrogens with one attached hydrogen (secondary N) is 2. The van der Waals surface area contributed by atoms with Gasteiger partial charge in [0.15, 0.2) is 5.96 Å². The summed E-state index contributed by atoms with van der Waals surface area (Å²) >= 11 is 0. The number of methoxy groups -OCH3 is 1. The van der Waals surface area contributed by atoms with E-state index >= 15 is 0 Å². The summed E-state index contributed by atoms with van der Waals surface area (Å²) < 4.78 is 57.9. The molecule has 0 heterocycles. The minimum Gasteiger partial charge on any atom is -0.497 e. The second-order valence-corrected chi connectivity index (χ2v) is 8.84. The molecule has 0 bridgehead atoms. The van der Waals surface area contributed by atoms with Crippen LogP contribution in [-0.2, 0) is 16.4 Å². The van der Waals surface area contributed by atoms with Crippen molar-refractivity contribution >= 4 is 15.8 Å². The molecule has 7 nitrogen and oxygen atoms in total. The van der Waals surface area contributed by atoms with Crippen molar-refractivity contribution in [2.45, 2.75) is 26.0 Å². The number of rotatable bonds is 9. The number of benzene rings is 1. The zero-order valence-electron chi connectivity index (χ0n) is 15.6. The molecule has 1 aromatic rings. The van der Waals surface area contributed by atoms with E-state index in [-0.39, 0.29) is 23.5 Å². The second-order valence-electron chi connectivity index (χ2n) is 6.70. The Morgan fingerprint density at radius 2 is 2.04 bits per heavy atom. The third kappa shape index (κ3) is 6.85. The molecule has 1 saturated carbocycles. The molecule has 2 rings (SSSR count).